The van der Waals surface area contributed by atoms with Crippen LogP contribution in [0.3, 0.4) is 0 Å². The predicted octanol–water partition coefficient (Wildman–Crippen LogP) is 2.39. The van der Waals surface area contributed by atoms with E-state index in [0.29, 0.717) is 16.9 Å². The summed E-state index contributed by atoms with van der Waals surface area (Å²) in [5, 5.41) is 17.6. The van der Waals surface area contributed by atoms with Gasteiger partial charge in [-0.15, -0.1) is 0 Å². The molecule has 0 aromatic heterocycles. The van der Waals surface area contributed by atoms with Crippen molar-refractivity contribution in [2.45, 2.75) is 31.7 Å². The number of phenols is 1. The van der Waals surface area contributed by atoms with E-state index >= 15 is 0 Å². The molecule has 3 N–H and O–H groups in total. The number of ether oxygens (including phenoxy) is 1. The Kier molecular flexibility index (Phi) is 4.47. The molecule has 0 heterocycles. The maximum absolute atomic E-state index is 9.54. The van der Waals surface area contributed by atoms with E-state index < -0.39 is 0 Å². The first-order valence-electron chi connectivity index (χ1n) is 7.62. The summed E-state index contributed by atoms with van der Waals surface area (Å²) in [6.07, 6.45) is 6.92. The Labute approximate surface area is 135 Å². The zero-order valence-corrected chi connectivity index (χ0v) is 13.4. The van der Waals surface area contributed by atoms with E-state index in [1.165, 1.54) is 32.8 Å². The van der Waals surface area contributed by atoms with Crippen molar-refractivity contribution in [3.63, 3.8) is 0 Å². The van der Waals surface area contributed by atoms with Crippen molar-refractivity contribution in [1.29, 1.82) is 0 Å². The number of aromatic hydroxyl groups is 1. The van der Waals surface area contributed by atoms with Crippen molar-refractivity contribution in [1.82, 2.24) is 10.7 Å². The van der Waals surface area contributed by atoms with Crippen LogP contribution in [0.5, 0.6) is 11.5 Å². The molecule has 2 fully saturated rings. The molecule has 1 aromatic rings. The second kappa shape index (κ2) is 6.52. The van der Waals surface area contributed by atoms with E-state index in [-0.39, 0.29) is 5.75 Å². The van der Waals surface area contributed by atoms with Crippen LogP contribution in [-0.2, 0) is 0 Å². The van der Waals surface area contributed by atoms with Crippen molar-refractivity contribution >= 4 is 23.5 Å². The Hall–Kier alpha value is -1.82. The summed E-state index contributed by atoms with van der Waals surface area (Å²) in [6, 6.07) is 5.55. The molecule has 0 spiro atoms. The highest BCUT2D eigenvalue weighted by Gasteiger charge is 2.39. The van der Waals surface area contributed by atoms with Crippen LogP contribution in [0.2, 0.25) is 0 Å². The van der Waals surface area contributed by atoms with E-state index in [9.17, 15) is 5.11 Å². The number of rotatable bonds is 4. The molecule has 3 rings (SSSR count). The predicted molar refractivity (Wildman–Crippen MR) is 90.4 cm³/mol. The number of phenolic OH excluding ortho intramolecular Hbond substituents is 1. The van der Waals surface area contributed by atoms with Crippen LogP contribution >= 0.6 is 12.2 Å². The third-order valence-electron chi connectivity index (χ3n) is 4.64. The summed E-state index contributed by atoms with van der Waals surface area (Å²) in [7, 11) is 1.52. The van der Waals surface area contributed by atoms with Gasteiger partial charge in [0.25, 0.3) is 0 Å². The topological polar surface area (TPSA) is 65.9 Å². The van der Waals surface area contributed by atoms with Crippen molar-refractivity contribution < 1.29 is 9.84 Å². The summed E-state index contributed by atoms with van der Waals surface area (Å²) in [5.74, 6) is 2.20. The van der Waals surface area contributed by atoms with E-state index in [0.717, 1.165) is 17.4 Å². The maximum Gasteiger partial charge on any atom is 0.187 e. The van der Waals surface area contributed by atoms with Gasteiger partial charge in [0.2, 0.25) is 0 Å². The van der Waals surface area contributed by atoms with E-state index in [1.54, 1.807) is 24.4 Å². The third-order valence-corrected chi connectivity index (χ3v) is 4.85. The SMILES string of the molecule is COc1cc(/C=N\NC(=S)N[C@H]2C[C@H]3CC[C@@H]2C3)ccc1O. The lowest BCUT2D eigenvalue weighted by Gasteiger charge is -2.23. The maximum atomic E-state index is 9.54. The first kappa shape index (κ1) is 15.1. The fourth-order valence-corrected chi connectivity index (χ4v) is 3.77. The van der Waals surface area contributed by atoms with Gasteiger partial charge in [-0.1, -0.05) is 6.42 Å². The minimum atomic E-state index is 0.112. The standard InChI is InChI=1S/C16H21N3O2S/c1-21-15-8-11(3-5-14(15)20)9-17-19-16(22)18-13-7-10-2-4-12(13)6-10/h3,5,8-10,12-13,20H,2,4,6-7H2,1H3,(H2,18,19,22)/b17-9-/t10-,12+,13-/m0/s1. The Bertz CT molecular complexity index is 591. The highest BCUT2D eigenvalue weighted by molar-refractivity contribution is 7.80. The minimum absolute atomic E-state index is 0.112. The van der Waals surface area contributed by atoms with Crippen LogP contribution in [0.4, 0.5) is 0 Å². The Morgan fingerprint density at radius 1 is 1.41 bits per heavy atom. The second-order valence-electron chi connectivity index (χ2n) is 6.06. The molecule has 2 bridgehead atoms. The number of nitrogens with one attached hydrogen (secondary N) is 2. The average Bonchev–Trinajstić information content (AvgIpc) is 3.11. The van der Waals surface area contributed by atoms with Crippen molar-refractivity contribution in [3.05, 3.63) is 23.8 Å². The molecule has 1 aromatic carbocycles. The number of hydrogen-bond acceptors (Lipinski definition) is 4. The number of hydrazone groups is 1. The molecule has 0 amide bonds. The fraction of sp³-hybridized carbons (Fsp3) is 0.500. The van der Waals surface area contributed by atoms with Gasteiger partial charge in [-0.05, 0) is 67.1 Å². The lowest BCUT2D eigenvalue weighted by Crippen LogP contribution is -2.42. The van der Waals surface area contributed by atoms with E-state index in [2.05, 4.69) is 15.8 Å². The van der Waals surface area contributed by atoms with Crippen LogP contribution < -0.4 is 15.5 Å². The van der Waals surface area contributed by atoms with Crippen molar-refractivity contribution in [3.8, 4) is 11.5 Å². The molecule has 118 valence electrons. The smallest absolute Gasteiger partial charge is 0.187 e. The molecule has 0 saturated heterocycles. The van der Waals surface area contributed by atoms with E-state index in [1.807, 2.05) is 0 Å². The van der Waals surface area contributed by atoms with Gasteiger partial charge in [-0.2, -0.15) is 5.10 Å². The highest BCUT2D eigenvalue weighted by Crippen LogP contribution is 2.44. The summed E-state index contributed by atoms with van der Waals surface area (Å²) >= 11 is 5.29. The van der Waals surface area contributed by atoms with Gasteiger partial charge >= 0.3 is 0 Å². The number of methoxy groups -OCH3 is 1. The fourth-order valence-electron chi connectivity index (χ4n) is 3.56. The van der Waals surface area contributed by atoms with Gasteiger partial charge in [-0.3, -0.25) is 5.43 Å². The second-order valence-corrected chi connectivity index (χ2v) is 6.46. The van der Waals surface area contributed by atoms with Gasteiger partial charge in [-0.25, -0.2) is 0 Å². The Morgan fingerprint density at radius 2 is 2.27 bits per heavy atom. The van der Waals surface area contributed by atoms with Gasteiger partial charge in [0.15, 0.2) is 16.6 Å². The number of nitrogens with zero attached hydrogens (tertiary/aromatic N) is 1. The Morgan fingerprint density at radius 3 is 2.95 bits per heavy atom. The molecule has 2 aliphatic carbocycles. The zero-order chi connectivity index (χ0) is 15.5. The van der Waals surface area contributed by atoms with Gasteiger partial charge in [0.1, 0.15) is 0 Å². The number of fused-ring (bicyclic) bond motifs is 2. The normalized spacial score (nSPS) is 26.3. The summed E-state index contributed by atoms with van der Waals surface area (Å²) in [4.78, 5) is 0. The quantitative estimate of drug-likeness (QED) is 0.452. The van der Waals surface area contributed by atoms with Crippen molar-refractivity contribution in [2.24, 2.45) is 16.9 Å². The lowest BCUT2D eigenvalue weighted by molar-refractivity contribution is 0.373. The lowest BCUT2D eigenvalue weighted by atomic mass is 9.96. The highest BCUT2D eigenvalue weighted by atomic mass is 32.1. The molecule has 5 nitrogen and oxygen atoms in total. The van der Waals surface area contributed by atoms with Gasteiger partial charge in [0, 0.05) is 6.04 Å². The first-order valence-corrected chi connectivity index (χ1v) is 8.03. The minimum Gasteiger partial charge on any atom is -0.504 e. The Balaban J connectivity index is 1.50. The number of thiocarbonyl (C=S) groups is 1. The monoisotopic (exact) mass is 319 g/mol. The molecule has 2 aliphatic rings. The molecular weight excluding hydrogens is 298 g/mol. The van der Waals surface area contributed by atoms with Crippen LogP contribution in [0.1, 0.15) is 31.2 Å². The third kappa shape index (κ3) is 3.32. The summed E-state index contributed by atoms with van der Waals surface area (Å²) < 4.78 is 5.06. The molecule has 2 saturated carbocycles. The summed E-state index contributed by atoms with van der Waals surface area (Å²) in [5.41, 5.74) is 3.68. The van der Waals surface area contributed by atoms with Gasteiger partial charge in [0.05, 0.1) is 13.3 Å². The molecule has 0 unspecified atom stereocenters. The average molecular weight is 319 g/mol. The first-order chi connectivity index (χ1) is 10.7. The van der Waals surface area contributed by atoms with Crippen LogP contribution in [0.15, 0.2) is 23.3 Å². The van der Waals surface area contributed by atoms with Crippen LogP contribution in [-0.4, -0.2) is 29.6 Å². The molecule has 22 heavy (non-hydrogen) atoms. The molecule has 6 heteroatoms. The van der Waals surface area contributed by atoms with Gasteiger partial charge < -0.3 is 15.2 Å². The number of hydrogen-bond donors (Lipinski definition) is 3. The van der Waals surface area contributed by atoms with Crippen LogP contribution in [0.25, 0.3) is 0 Å². The molecule has 0 radical (unpaired) electrons. The number of benzene rings is 1. The summed E-state index contributed by atoms with van der Waals surface area (Å²) in [6.45, 7) is 0. The zero-order valence-electron chi connectivity index (χ0n) is 12.6. The molecule has 0 aliphatic heterocycles. The molecular formula is C16H21N3O2S. The van der Waals surface area contributed by atoms with Crippen LogP contribution in [0, 0.1) is 11.8 Å². The van der Waals surface area contributed by atoms with Crippen molar-refractivity contribution in [2.75, 3.05) is 7.11 Å². The van der Waals surface area contributed by atoms with E-state index in [4.69, 9.17) is 17.0 Å². The molecule has 3 atom stereocenters. The largest absolute Gasteiger partial charge is 0.504 e.